The Morgan fingerprint density at radius 1 is 1.22 bits per heavy atom. The van der Waals surface area contributed by atoms with E-state index in [-0.39, 0.29) is 10.0 Å². The van der Waals surface area contributed by atoms with Crippen LogP contribution in [0.25, 0.3) is 0 Å². The number of benzene rings is 2. The average molecular weight is 380 g/mol. The van der Waals surface area contributed by atoms with Crippen LogP contribution in [0.2, 0.25) is 0 Å². The minimum atomic E-state index is -0.955. The summed E-state index contributed by atoms with van der Waals surface area (Å²) in [4.78, 5) is 24.0. The Kier molecular flexibility index (Phi) is 5.87. The average Bonchev–Trinajstić information content (AvgIpc) is 2.53. The van der Waals surface area contributed by atoms with Gasteiger partial charge in [0.15, 0.2) is 6.10 Å². The molecule has 0 saturated heterocycles. The van der Waals surface area contributed by atoms with Crippen LogP contribution in [0.3, 0.4) is 0 Å². The minimum absolute atomic E-state index is 0.161. The lowest BCUT2D eigenvalue weighted by Gasteiger charge is -2.14. The summed E-state index contributed by atoms with van der Waals surface area (Å²) in [5.41, 5.74) is 1.11. The van der Waals surface area contributed by atoms with Crippen LogP contribution < -0.4 is 5.32 Å². The normalized spacial score (nSPS) is 11.6. The third kappa shape index (κ3) is 4.89. The first kappa shape index (κ1) is 17.1. The molecule has 1 amide bonds. The summed E-state index contributed by atoms with van der Waals surface area (Å²) in [7, 11) is 0. The molecule has 0 saturated carbocycles. The molecule has 23 heavy (non-hydrogen) atoms. The monoisotopic (exact) mass is 379 g/mol. The molecule has 0 aliphatic carbocycles. The zero-order valence-electron chi connectivity index (χ0n) is 12.4. The topological polar surface area (TPSA) is 55.4 Å². The predicted octanol–water partition coefficient (Wildman–Crippen LogP) is 3.45. The van der Waals surface area contributed by atoms with E-state index in [0.29, 0.717) is 6.54 Å². The molecule has 0 bridgehead atoms. The standard InChI is InChI=1S/C17H15BrFNO3/c1-11(16(21)20-10-12-5-3-2-4-6-12)23-17(22)14-8-7-13(19)9-15(14)18/h2-9,11H,10H2,1H3,(H,20,21)/t11-/m0/s1. The molecular weight excluding hydrogens is 365 g/mol. The second kappa shape index (κ2) is 7.87. The minimum Gasteiger partial charge on any atom is -0.449 e. The molecule has 2 aromatic rings. The van der Waals surface area contributed by atoms with Gasteiger partial charge in [0.2, 0.25) is 0 Å². The molecule has 6 heteroatoms. The van der Waals surface area contributed by atoms with Gasteiger partial charge in [-0.1, -0.05) is 30.3 Å². The number of carbonyl (C=O) groups is 2. The van der Waals surface area contributed by atoms with Crippen molar-refractivity contribution in [1.29, 1.82) is 0 Å². The number of esters is 1. The zero-order valence-corrected chi connectivity index (χ0v) is 14.0. The van der Waals surface area contributed by atoms with Gasteiger partial charge in [-0.15, -0.1) is 0 Å². The van der Waals surface area contributed by atoms with Crippen molar-refractivity contribution in [1.82, 2.24) is 5.32 Å². The van der Waals surface area contributed by atoms with Gasteiger partial charge in [0.25, 0.3) is 5.91 Å². The number of rotatable bonds is 5. The van der Waals surface area contributed by atoms with Crippen molar-refractivity contribution in [3.63, 3.8) is 0 Å². The molecule has 2 aromatic carbocycles. The lowest BCUT2D eigenvalue weighted by atomic mass is 10.2. The maximum Gasteiger partial charge on any atom is 0.340 e. The molecule has 0 aliphatic rings. The van der Waals surface area contributed by atoms with E-state index in [0.717, 1.165) is 17.7 Å². The smallest absolute Gasteiger partial charge is 0.340 e. The van der Waals surface area contributed by atoms with E-state index in [2.05, 4.69) is 21.2 Å². The third-order valence-corrected chi connectivity index (χ3v) is 3.77. The fraction of sp³-hybridized carbons (Fsp3) is 0.176. The highest BCUT2D eigenvalue weighted by atomic mass is 79.9. The first-order valence-electron chi connectivity index (χ1n) is 6.95. The molecular formula is C17H15BrFNO3. The Labute approximate surface area is 141 Å². The lowest BCUT2D eigenvalue weighted by molar-refractivity contribution is -0.129. The number of halogens is 2. The number of nitrogens with one attached hydrogen (secondary N) is 1. The first-order chi connectivity index (χ1) is 11.0. The molecule has 0 spiro atoms. The second-order valence-electron chi connectivity index (χ2n) is 4.88. The molecule has 0 heterocycles. The van der Waals surface area contributed by atoms with E-state index in [4.69, 9.17) is 4.74 Å². The van der Waals surface area contributed by atoms with Gasteiger partial charge in [-0.3, -0.25) is 4.79 Å². The van der Waals surface area contributed by atoms with Crippen LogP contribution in [0.15, 0.2) is 53.0 Å². The van der Waals surface area contributed by atoms with Crippen molar-refractivity contribution in [2.45, 2.75) is 19.6 Å². The summed E-state index contributed by atoms with van der Waals surface area (Å²) in [5.74, 6) is -1.57. The van der Waals surface area contributed by atoms with Gasteiger partial charge in [-0.2, -0.15) is 0 Å². The Morgan fingerprint density at radius 2 is 1.91 bits per heavy atom. The highest BCUT2D eigenvalue weighted by molar-refractivity contribution is 9.10. The summed E-state index contributed by atoms with van der Waals surface area (Å²) in [6.45, 7) is 1.83. The van der Waals surface area contributed by atoms with E-state index in [9.17, 15) is 14.0 Å². The van der Waals surface area contributed by atoms with E-state index < -0.39 is 23.8 Å². The van der Waals surface area contributed by atoms with Crippen molar-refractivity contribution >= 4 is 27.8 Å². The van der Waals surface area contributed by atoms with Crippen LogP contribution in [-0.4, -0.2) is 18.0 Å². The van der Waals surface area contributed by atoms with Gasteiger partial charge < -0.3 is 10.1 Å². The fourth-order valence-electron chi connectivity index (χ4n) is 1.86. The van der Waals surface area contributed by atoms with Crippen LogP contribution in [0.4, 0.5) is 4.39 Å². The summed E-state index contributed by atoms with van der Waals surface area (Å²) in [6, 6.07) is 13.0. The molecule has 1 atom stereocenters. The maximum absolute atomic E-state index is 13.0. The SMILES string of the molecule is C[C@H](OC(=O)c1ccc(F)cc1Br)C(=O)NCc1ccccc1. The van der Waals surface area contributed by atoms with Crippen molar-refractivity contribution in [2.24, 2.45) is 0 Å². The van der Waals surface area contributed by atoms with Crippen LogP contribution in [0, 0.1) is 5.82 Å². The lowest BCUT2D eigenvalue weighted by Crippen LogP contribution is -2.35. The fourth-order valence-corrected chi connectivity index (χ4v) is 2.37. The van der Waals surface area contributed by atoms with Gasteiger partial charge >= 0.3 is 5.97 Å². The molecule has 0 radical (unpaired) electrons. The zero-order chi connectivity index (χ0) is 16.8. The molecule has 120 valence electrons. The number of ether oxygens (including phenoxy) is 1. The van der Waals surface area contributed by atoms with Crippen molar-refractivity contribution in [2.75, 3.05) is 0 Å². The van der Waals surface area contributed by atoms with Gasteiger partial charge in [-0.05, 0) is 46.6 Å². The predicted molar refractivity (Wildman–Crippen MR) is 87.3 cm³/mol. The van der Waals surface area contributed by atoms with Crippen LogP contribution in [-0.2, 0) is 16.1 Å². The summed E-state index contributed by atoms with van der Waals surface area (Å²) >= 11 is 3.09. The first-order valence-corrected chi connectivity index (χ1v) is 7.74. The summed E-state index contributed by atoms with van der Waals surface area (Å²) < 4.78 is 18.4. The maximum atomic E-state index is 13.0. The van der Waals surface area contributed by atoms with Gasteiger partial charge in [0.1, 0.15) is 5.82 Å². The Hall–Kier alpha value is -2.21. The largest absolute Gasteiger partial charge is 0.449 e. The number of hydrogen-bond acceptors (Lipinski definition) is 3. The second-order valence-corrected chi connectivity index (χ2v) is 5.73. The number of hydrogen-bond donors (Lipinski definition) is 1. The number of carbonyl (C=O) groups excluding carboxylic acids is 2. The molecule has 0 unspecified atom stereocenters. The van der Waals surface area contributed by atoms with Crippen molar-refractivity contribution in [3.8, 4) is 0 Å². The van der Waals surface area contributed by atoms with Crippen LogP contribution in [0.5, 0.6) is 0 Å². The van der Waals surface area contributed by atoms with Gasteiger partial charge in [0, 0.05) is 11.0 Å². The van der Waals surface area contributed by atoms with E-state index in [1.807, 2.05) is 30.3 Å². The van der Waals surface area contributed by atoms with E-state index >= 15 is 0 Å². The van der Waals surface area contributed by atoms with Crippen LogP contribution >= 0.6 is 15.9 Å². The Bertz CT molecular complexity index is 706. The molecule has 0 fully saturated rings. The van der Waals surface area contributed by atoms with Gasteiger partial charge in [0.05, 0.1) is 5.56 Å². The summed E-state index contributed by atoms with van der Waals surface area (Å²) in [5, 5.41) is 2.69. The van der Waals surface area contributed by atoms with E-state index in [1.54, 1.807) is 0 Å². The number of amides is 1. The molecule has 2 rings (SSSR count). The highest BCUT2D eigenvalue weighted by Gasteiger charge is 2.20. The third-order valence-electron chi connectivity index (χ3n) is 3.11. The molecule has 4 nitrogen and oxygen atoms in total. The molecule has 0 aliphatic heterocycles. The molecule has 0 aromatic heterocycles. The molecule has 1 N–H and O–H groups in total. The van der Waals surface area contributed by atoms with E-state index in [1.165, 1.54) is 13.0 Å². The van der Waals surface area contributed by atoms with Crippen molar-refractivity contribution in [3.05, 3.63) is 69.9 Å². The Morgan fingerprint density at radius 3 is 2.57 bits per heavy atom. The van der Waals surface area contributed by atoms with Crippen LogP contribution in [0.1, 0.15) is 22.8 Å². The van der Waals surface area contributed by atoms with Gasteiger partial charge in [-0.25, -0.2) is 9.18 Å². The Balaban J connectivity index is 1.91. The quantitative estimate of drug-likeness (QED) is 0.809. The summed E-state index contributed by atoms with van der Waals surface area (Å²) in [6.07, 6.45) is -0.955. The van der Waals surface area contributed by atoms with Crippen molar-refractivity contribution < 1.29 is 18.7 Å². The highest BCUT2D eigenvalue weighted by Crippen LogP contribution is 2.19.